The van der Waals surface area contributed by atoms with Crippen molar-refractivity contribution in [3.63, 3.8) is 0 Å². The molecule has 1 amide bonds. The number of hydrogen-bond donors (Lipinski definition) is 2. The van der Waals surface area contributed by atoms with Crippen molar-refractivity contribution in [2.75, 3.05) is 5.32 Å². The molecule has 8 heteroatoms. The molecule has 2 aromatic rings. The van der Waals surface area contributed by atoms with Crippen LogP contribution in [0.5, 0.6) is 0 Å². The van der Waals surface area contributed by atoms with Crippen LogP contribution in [0.15, 0.2) is 47.2 Å². The third-order valence-electron chi connectivity index (χ3n) is 4.86. The van der Waals surface area contributed by atoms with E-state index in [2.05, 4.69) is 31.5 Å². The first-order chi connectivity index (χ1) is 13.1. The Morgan fingerprint density at radius 1 is 1.14 bits per heavy atom. The fraction of sp³-hybridized carbons (Fsp3) is 0.350. The van der Waals surface area contributed by atoms with Gasteiger partial charge in [0.1, 0.15) is 0 Å². The minimum absolute atomic E-state index is 0.191. The molecule has 2 heterocycles. The number of amides is 1. The quantitative estimate of drug-likeness (QED) is 0.649. The highest BCUT2D eigenvalue weighted by atomic mass is 79.9. The summed E-state index contributed by atoms with van der Waals surface area (Å²) in [7, 11) is 0. The van der Waals surface area contributed by atoms with Gasteiger partial charge >= 0.3 is 0 Å². The molecule has 0 unspecified atom stereocenters. The average Bonchev–Trinajstić information content (AvgIpc) is 2.83. The summed E-state index contributed by atoms with van der Waals surface area (Å²) >= 11 is 8.55. The van der Waals surface area contributed by atoms with Gasteiger partial charge in [0.15, 0.2) is 11.4 Å². The average molecular weight is 464 g/mol. The second kappa shape index (κ2) is 7.87. The molecule has 0 bridgehead atoms. The number of pyridine rings is 1. The van der Waals surface area contributed by atoms with E-state index >= 15 is 0 Å². The SMILES string of the molecule is CC1(C)OC(c2cccc(NC(=S)NC(=O)c3cncc(Br)c3)c2)OC1(C)C. The van der Waals surface area contributed by atoms with Crippen molar-refractivity contribution in [1.82, 2.24) is 10.3 Å². The predicted octanol–water partition coefficient (Wildman–Crippen LogP) is 4.57. The van der Waals surface area contributed by atoms with Gasteiger partial charge in [0.2, 0.25) is 0 Å². The second-order valence-corrected chi connectivity index (χ2v) is 8.84. The number of benzene rings is 1. The minimum atomic E-state index is -0.470. The summed E-state index contributed by atoms with van der Waals surface area (Å²) < 4.78 is 12.9. The Balaban J connectivity index is 1.66. The Labute approximate surface area is 178 Å². The van der Waals surface area contributed by atoms with Gasteiger partial charge in [-0.1, -0.05) is 12.1 Å². The van der Waals surface area contributed by atoms with E-state index in [1.165, 1.54) is 6.20 Å². The lowest BCUT2D eigenvalue weighted by molar-refractivity contribution is -0.0895. The number of hydrogen-bond acceptors (Lipinski definition) is 5. The van der Waals surface area contributed by atoms with E-state index in [0.29, 0.717) is 10.0 Å². The lowest BCUT2D eigenvalue weighted by Gasteiger charge is -2.30. The fourth-order valence-corrected chi connectivity index (χ4v) is 3.19. The van der Waals surface area contributed by atoms with Crippen LogP contribution in [0.25, 0.3) is 0 Å². The number of rotatable bonds is 3. The fourth-order valence-electron chi connectivity index (χ4n) is 2.62. The van der Waals surface area contributed by atoms with Crippen LogP contribution in [-0.2, 0) is 9.47 Å². The summed E-state index contributed by atoms with van der Waals surface area (Å²) in [6.07, 6.45) is 2.61. The number of carbonyl (C=O) groups is 1. The number of halogens is 1. The van der Waals surface area contributed by atoms with Crippen molar-refractivity contribution in [1.29, 1.82) is 0 Å². The van der Waals surface area contributed by atoms with E-state index in [1.807, 2.05) is 52.0 Å². The highest BCUT2D eigenvalue weighted by molar-refractivity contribution is 9.10. The van der Waals surface area contributed by atoms with Crippen molar-refractivity contribution in [2.45, 2.75) is 45.2 Å². The summed E-state index contributed by atoms with van der Waals surface area (Å²) in [5.74, 6) is -0.339. The highest BCUT2D eigenvalue weighted by Crippen LogP contribution is 2.44. The Bertz CT molecular complexity index is 901. The molecule has 6 nitrogen and oxygen atoms in total. The van der Waals surface area contributed by atoms with Gasteiger partial charge < -0.3 is 14.8 Å². The van der Waals surface area contributed by atoms with Gasteiger partial charge in [-0.2, -0.15) is 0 Å². The Hall–Kier alpha value is -1.87. The molecule has 0 atom stereocenters. The molecule has 1 aromatic heterocycles. The maximum atomic E-state index is 12.3. The van der Waals surface area contributed by atoms with Gasteiger partial charge in [-0.15, -0.1) is 0 Å². The Morgan fingerprint density at radius 2 is 1.82 bits per heavy atom. The minimum Gasteiger partial charge on any atom is -0.339 e. The van der Waals surface area contributed by atoms with Gasteiger partial charge in [0.25, 0.3) is 5.91 Å². The van der Waals surface area contributed by atoms with Gasteiger partial charge in [-0.25, -0.2) is 0 Å². The first-order valence-electron chi connectivity index (χ1n) is 8.76. The number of carbonyl (C=O) groups excluding carboxylic acids is 1. The molecule has 0 radical (unpaired) electrons. The van der Waals surface area contributed by atoms with Gasteiger partial charge in [-0.3, -0.25) is 15.1 Å². The Kier molecular flexibility index (Phi) is 5.86. The molecular weight excluding hydrogens is 442 g/mol. The third-order valence-corrected chi connectivity index (χ3v) is 5.50. The second-order valence-electron chi connectivity index (χ2n) is 7.51. The topological polar surface area (TPSA) is 72.5 Å². The monoisotopic (exact) mass is 463 g/mol. The van der Waals surface area contributed by atoms with E-state index in [9.17, 15) is 4.79 Å². The smallest absolute Gasteiger partial charge is 0.259 e. The van der Waals surface area contributed by atoms with Crippen LogP contribution < -0.4 is 10.6 Å². The molecule has 1 aliphatic heterocycles. The zero-order chi connectivity index (χ0) is 20.5. The number of aromatic nitrogens is 1. The predicted molar refractivity (Wildman–Crippen MR) is 115 cm³/mol. The van der Waals surface area contributed by atoms with Gasteiger partial charge in [-0.05, 0) is 74.0 Å². The molecule has 2 N–H and O–H groups in total. The van der Waals surface area contributed by atoms with Crippen LogP contribution in [0.2, 0.25) is 0 Å². The Morgan fingerprint density at radius 3 is 2.46 bits per heavy atom. The van der Waals surface area contributed by atoms with E-state index in [0.717, 1.165) is 11.3 Å². The van der Waals surface area contributed by atoms with E-state index in [-0.39, 0.29) is 11.0 Å². The normalized spacial score (nSPS) is 17.9. The van der Waals surface area contributed by atoms with Crippen LogP contribution >= 0.6 is 28.1 Å². The highest BCUT2D eigenvalue weighted by Gasteiger charge is 2.49. The molecule has 148 valence electrons. The van der Waals surface area contributed by atoms with Crippen molar-refractivity contribution in [3.8, 4) is 0 Å². The lowest BCUT2D eigenvalue weighted by atomic mass is 9.90. The number of anilines is 1. The van der Waals surface area contributed by atoms with E-state index in [4.69, 9.17) is 21.7 Å². The van der Waals surface area contributed by atoms with Crippen LogP contribution in [0.4, 0.5) is 5.69 Å². The first kappa shape index (κ1) is 20.9. The number of nitrogens with zero attached hydrogens (tertiary/aromatic N) is 1. The zero-order valence-electron chi connectivity index (χ0n) is 16.1. The maximum Gasteiger partial charge on any atom is 0.259 e. The molecular formula is C20H22BrN3O3S. The number of ether oxygens (including phenoxy) is 2. The molecule has 1 fully saturated rings. The summed E-state index contributed by atoms with van der Waals surface area (Å²) in [5.41, 5.74) is 1.17. The first-order valence-corrected chi connectivity index (χ1v) is 9.96. The number of nitrogens with one attached hydrogen (secondary N) is 2. The van der Waals surface area contributed by atoms with E-state index < -0.39 is 17.5 Å². The van der Waals surface area contributed by atoms with Crippen molar-refractivity contribution < 1.29 is 14.3 Å². The van der Waals surface area contributed by atoms with Crippen molar-refractivity contribution in [3.05, 3.63) is 58.3 Å². The molecule has 3 rings (SSSR count). The van der Waals surface area contributed by atoms with Crippen molar-refractivity contribution in [2.24, 2.45) is 0 Å². The summed E-state index contributed by atoms with van der Waals surface area (Å²) in [5, 5.41) is 5.85. The maximum absolute atomic E-state index is 12.3. The molecule has 0 saturated carbocycles. The summed E-state index contributed by atoms with van der Waals surface area (Å²) in [6.45, 7) is 8.04. The van der Waals surface area contributed by atoms with Crippen LogP contribution in [0, 0.1) is 0 Å². The zero-order valence-corrected chi connectivity index (χ0v) is 18.5. The van der Waals surface area contributed by atoms with Crippen molar-refractivity contribution >= 4 is 44.9 Å². The molecule has 0 spiro atoms. The van der Waals surface area contributed by atoms with Gasteiger partial charge in [0, 0.05) is 28.1 Å². The van der Waals surface area contributed by atoms with Crippen LogP contribution in [0.3, 0.4) is 0 Å². The molecule has 1 saturated heterocycles. The third kappa shape index (κ3) is 4.57. The molecule has 0 aliphatic carbocycles. The molecule has 1 aliphatic rings. The van der Waals surface area contributed by atoms with Gasteiger partial charge in [0.05, 0.1) is 16.8 Å². The summed E-state index contributed by atoms with van der Waals surface area (Å²) in [6, 6.07) is 9.23. The number of thiocarbonyl (C=S) groups is 1. The van der Waals surface area contributed by atoms with Crippen LogP contribution in [0.1, 0.15) is 49.9 Å². The molecule has 28 heavy (non-hydrogen) atoms. The van der Waals surface area contributed by atoms with E-state index in [1.54, 1.807) is 12.3 Å². The molecule has 1 aromatic carbocycles. The van der Waals surface area contributed by atoms with Crippen LogP contribution in [-0.4, -0.2) is 27.2 Å². The largest absolute Gasteiger partial charge is 0.339 e. The lowest BCUT2D eigenvalue weighted by Crippen LogP contribution is -2.41. The summed E-state index contributed by atoms with van der Waals surface area (Å²) in [4.78, 5) is 16.3. The standard InChI is InChI=1S/C20H22BrN3O3S/c1-19(2)20(3,4)27-17(26-19)12-6-5-7-15(9-12)23-18(28)24-16(25)13-8-14(21)11-22-10-13/h5-11,17H,1-4H3,(H2,23,24,25,28).